The smallest absolute Gasteiger partial charge is 0.207 e. The van der Waals surface area contributed by atoms with E-state index in [9.17, 15) is 8.42 Å². The van der Waals surface area contributed by atoms with Crippen LogP contribution in [-0.2, 0) is 10.0 Å². The van der Waals surface area contributed by atoms with Gasteiger partial charge in [0.15, 0.2) is 0 Å². The molecule has 0 aliphatic rings. The first kappa shape index (κ1) is 13.7. The quantitative estimate of drug-likeness (QED) is 0.842. The number of hydrogen-bond acceptors (Lipinski definition) is 3. The Kier molecular flexibility index (Phi) is 5.13. The fourth-order valence-electron chi connectivity index (χ4n) is 1.41. The van der Waals surface area contributed by atoms with Crippen LogP contribution in [0.2, 0.25) is 0 Å². The molecule has 1 aromatic rings. The summed E-state index contributed by atoms with van der Waals surface area (Å²) in [6.07, 6.45) is 2.31. The van der Waals surface area contributed by atoms with Gasteiger partial charge in [-0.3, -0.25) is 0 Å². The monoisotopic (exact) mass is 252 g/mol. The molecule has 92 valence electrons. The maximum absolute atomic E-state index is 11.9. The maximum Gasteiger partial charge on any atom is 0.241 e. The zero-order chi connectivity index (χ0) is 12.7. The summed E-state index contributed by atoms with van der Waals surface area (Å²) in [6.45, 7) is 2.00. The van der Waals surface area contributed by atoms with E-state index in [0.29, 0.717) is 6.42 Å². The van der Waals surface area contributed by atoms with Crippen molar-refractivity contribution in [3.63, 3.8) is 0 Å². The number of nitrogens with zero attached hydrogens (tertiary/aromatic N) is 1. The van der Waals surface area contributed by atoms with Gasteiger partial charge in [-0.25, -0.2) is 8.42 Å². The van der Waals surface area contributed by atoms with Crippen LogP contribution in [0.25, 0.3) is 0 Å². The van der Waals surface area contributed by atoms with Crippen LogP contribution in [0.1, 0.15) is 26.2 Å². The van der Waals surface area contributed by atoms with Gasteiger partial charge in [0.25, 0.3) is 0 Å². The molecule has 1 atom stereocenters. The molecule has 0 aliphatic heterocycles. The standard InChI is InChI=1S/C12H16N2O2S/c1-2-3-7-11(10-13)14-17(15,16)12-8-5-4-6-9-12/h4-6,8-9,11,14H,2-3,7H2,1H3. The first-order valence-corrected chi connectivity index (χ1v) is 7.05. The molecule has 0 fully saturated rings. The molecule has 0 radical (unpaired) electrons. The lowest BCUT2D eigenvalue weighted by Gasteiger charge is -2.11. The summed E-state index contributed by atoms with van der Waals surface area (Å²) in [6, 6.07) is 9.40. The van der Waals surface area contributed by atoms with Gasteiger partial charge < -0.3 is 0 Å². The van der Waals surface area contributed by atoms with Crippen LogP contribution in [0.15, 0.2) is 35.2 Å². The molecule has 1 rings (SSSR count). The van der Waals surface area contributed by atoms with Gasteiger partial charge in [-0.1, -0.05) is 38.0 Å². The number of sulfonamides is 1. The largest absolute Gasteiger partial charge is 0.241 e. The summed E-state index contributed by atoms with van der Waals surface area (Å²) in [4.78, 5) is 0.191. The summed E-state index contributed by atoms with van der Waals surface area (Å²) < 4.78 is 26.2. The van der Waals surface area contributed by atoms with E-state index < -0.39 is 16.1 Å². The van der Waals surface area contributed by atoms with E-state index >= 15 is 0 Å². The second kappa shape index (κ2) is 6.38. The average molecular weight is 252 g/mol. The van der Waals surface area contributed by atoms with Crippen LogP contribution in [-0.4, -0.2) is 14.5 Å². The first-order valence-electron chi connectivity index (χ1n) is 5.57. The highest BCUT2D eigenvalue weighted by Crippen LogP contribution is 2.09. The highest BCUT2D eigenvalue weighted by atomic mass is 32.2. The normalized spacial score (nSPS) is 12.9. The number of rotatable bonds is 6. The second-order valence-corrected chi connectivity index (χ2v) is 5.47. The van der Waals surface area contributed by atoms with Crippen LogP contribution in [0.5, 0.6) is 0 Å². The van der Waals surface area contributed by atoms with Gasteiger partial charge in [-0.05, 0) is 18.6 Å². The Balaban J connectivity index is 2.76. The molecular weight excluding hydrogens is 236 g/mol. The van der Waals surface area contributed by atoms with Crippen molar-refractivity contribution >= 4 is 10.0 Å². The van der Waals surface area contributed by atoms with Gasteiger partial charge in [0.05, 0.1) is 11.0 Å². The zero-order valence-corrected chi connectivity index (χ0v) is 10.6. The van der Waals surface area contributed by atoms with Crippen molar-refractivity contribution in [1.82, 2.24) is 4.72 Å². The number of unbranched alkanes of at least 4 members (excludes halogenated alkanes) is 1. The van der Waals surface area contributed by atoms with Crippen molar-refractivity contribution in [2.75, 3.05) is 0 Å². The fourth-order valence-corrected chi connectivity index (χ4v) is 2.61. The Morgan fingerprint density at radius 3 is 2.53 bits per heavy atom. The van der Waals surface area contributed by atoms with Crippen LogP contribution in [0.4, 0.5) is 0 Å². The van der Waals surface area contributed by atoms with Gasteiger partial charge in [-0.15, -0.1) is 0 Å². The molecule has 0 bridgehead atoms. The third kappa shape index (κ3) is 4.17. The van der Waals surface area contributed by atoms with Crippen molar-refractivity contribution < 1.29 is 8.42 Å². The Hall–Kier alpha value is -1.38. The third-order valence-corrected chi connectivity index (χ3v) is 3.84. The van der Waals surface area contributed by atoms with Crippen LogP contribution in [0.3, 0.4) is 0 Å². The van der Waals surface area contributed by atoms with Crippen molar-refractivity contribution in [1.29, 1.82) is 5.26 Å². The van der Waals surface area contributed by atoms with Crippen molar-refractivity contribution in [2.45, 2.75) is 37.1 Å². The van der Waals surface area contributed by atoms with Gasteiger partial charge in [-0.2, -0.15) is 9.98 Å². The zero-order valence-electron chi connectivity index (χ0n) is 9.76. The first-order chi connectivity index (χ1) is 8.10. The van der Waals surface area contributed by atoms with E-state index in [1.54, 1.807) is 18.2 Å². The Morgan fingerprint density at radius 2 is 2.00 bits per heavy atom. The molecule has 0 aliphatic carbocycles. The second-order valence-electron chi connectivity index (χ2n) is 3.76. The third-order valence-electron chi connectivity index (χ3n) is 2.35. The molecule has 17 heavy (non-hydrogen) atoms. The van der Waals surface area contributed by atoms with Crippen LogP contribution >= 0.6 is 0 Å². The lowest BCUT2D eigenvalue weighted by Crippen LogP contribution is -2.33. The van der Waals surface area contributed by atoms with Crippen LogP contribution < -0.4 is 4.72 Å². The molecule has 0 amide bonds. The molecule has 0 spiro atoms. The number of benzene rings is 1. The molecule has 5 heteroatoms. The Bertz CT molecular complexity index is 477. The topological polar surface area (TPSA) is 70.0 Å². The molecular formula is C12H16N2O2S. The van der Waals surface area contributed by atoms with Gasteiger partial charge in [0, 0.05) is 0 Å². The highest BCUT2D eigenvalue weighted by Gasteiger charge is 2.18. The molecule has 0 heterocycles. The van der Waals surface area contributed by atoms with Gasteiger partial charge >= 0.3 is 0 Å². The summed E-state index contributed by atoms with van der Waals surface area (Å²) >= 11 is 0. The minimum absolute atomic E-state index is 0.191. The molecule has 1 N–H and O–H groups in total. The number of nitriles is 1. The van der Waals surface area contributed by atoms with E-state index in [0.717, 1.165) is 12.8 Å². The lowest BCUT2D eigenvalue weighted by molar-refractivity contribution is 0.557. The summed E-state index contributed by atoms with van der Waals surface area (Å²) in [5.41, 5.74) is 0. The molecule has 1 unspecified atom stereocenters. The van der Waals surface area contributed by atoms with Gasteiger partial charge in [0.2, 0.25) is 10.0 Å². The molecule has 1 aromatic carbocycles. The van der Waals surface area contributed by atoms with Crippen molar-refractivity contribution in [3.8, 4) is 6.07 Å². The Labute approximate surface area is 102 Å². The van der Waals surface area contributed by atoms with E-state index in [2.05, 4.69) is 4.72 Å². The molecule has 0 saturated heterocycles. The van der Waals surface area contributed by atoms with E-state index in [4.69, 9.17) is 5.26 Å². The van der Waals surface area contributed by atoms with Crippen molar-refractivity contribution in [2.24, 2.45) is 0 Å². The SMILES string of the molecule is CCCCC(C#N)NS(=O)(=O)c1ccccc1. The lowest BCUT2D eigenvalue weighted by atomic mass is 10.1. The van der Waals surface area contributed by atoms with E-state index in [1.165, 1.54) is 12.1 Å². The van der Waals surface area contributed by atoms with E-state index in [1.807, 2.05) is 13.0 Å². The summed E-state index contributed by atoms with van der Waals surface area (Å²) in [5.74, 6) is 0. The molecule has 0 saturated carbocycles. The van der Waals surface area contributed by atoms with Gasteiger partial charge in [0.1, 0.15) is 6.04 Å². The number of hydrogen-bond donors (Lipinski definition) is 1. The fraction of sp³-hybridized carbons (Fsp3) is 0.417. The summed E-state index contributed by atoms with van der Waals surface area (Å²) in [5, 5.41) is 8.89. The van der Waals surface area contributed by atoms with Crippen molar-refractivity contribution in [3.05, 3.63) is 30.3 Å². The minimum Gasteiger partial charge on any atom is -0.207 e. The average Bonchev–Trinajstić information content (AvgIpc) is 2.35. The predicted molar refractivity (Wildman–Crippen MR) is 65.7 cm³/mol. The molecule has 4 nitrogen and oxygen atoms in total. The highest BCUT2D eigenvalue weighted by molar-refractivity contribution is 7.89. The van der Waals surface area contributed by atoms with E-state index in [-0.39, 0.29) is 4.90 Å². The number of nitrogens with one attached hydrogen (secondary N) is 1. The maximum atomic E-state index is 11.9. The minimum atomic E-state index is -3.57. The molecule has 0 aromatic heterocycles. The summed E-state index contributed by atoms with van der Waals surface area (Å²) in [7, 11) is -3.57. The Morgan fingerprint density at radius 1 is 1.35 bits per heavy atom. The van der Waals surface area contributed by atoms with Crippen LogP contribution in [0, 0.1) is 11.3 Å². The predicted octanol–water partition coefficient (Wildman–Crippen LogP) is 2.05.